The maximum atomic E-state index is 12.2. The van der Waals surface area contributed by atoms with Crippen LogP contribution in [0, 0.1) is 0 Å². The molecule has 6 nitrogen and oxygen atoms in total. The van der Waals surface area contributed by atoms with Crippen LogP contribution < -0.4 is 10.6 Å². The molecule has 2 aromatic rings. The molecule has 0 aliphatic rings. The summed E-state index contributed by atoms with van der Waals surface area (Å²) >= 11 is 13.5. The minimum Gasteiger partial charge on any atom is -0.396 e. The van der Waals surface area contributed by atoms with Crippen LogP contribution in [0.3, 0.4) is 0 Å². The number of thiophene rings is 1. The number of imide groups is 1. The molecule has 0 unspecified atom stereocenters. The maximum absolute atomic E-state index is 12.2. The van der Waals surface area contributed by atoms with Crippen molar-refractivity contribution < 1.29 is 14.7 Å². The average Bonchev–Trinajstić information content (AvgIpc) is 3.14. The van der Waals surface area contributed by atoms with Crippen molar-refractivity contribution in [2.45, 2.75) is 19.5 Å². The van der Waals surface area contributed by atoms with E-state index in [0.717, 1.165) is 10.4 Å². The first kappa shape index (κ1) is 21.7. The van der Waals surface area contributed by atoms with Crippen LogP contribution in [0.4, 0.5) is 4.79 Å². The molecule has 0 saturated carbocycles. The van der Waals surface area contributed by atoms with Gasteiger partial charge in [-0.3, -0.25) is 15.0 Å². The lowest BCUT2D eigenvalue weighted by molar-refractivity contribution is -0.121. The van der Waals surface area contributed by atoms with Gasteiger partial charge < -0.3 is 10.4 Å². The summed E-state index contributed by atoms with van der Waals surface area (Å²) in [7, 11) is 0. The van der Waals surface area contributed by atoms with Crippen molar-refractivity contribution in [3.8, 4) is 0 Å². The summed E-state index contributed by atoms with van der Waals surface area (Å²) in [4.78, 5) is 26.9. The van der Waals surface area contributed by atoms with Crippen molar-refractivity contribution in [3.63, 3.8) is 0 Å². The topological polar surface area (TPSA) is 81.7 Å². The predicted octanol–water partition coefficient (Wildman–Crippen LogP) is 3.27. The zero-order chi connectivity index (χ0) is 19.6. The highest BCUT2D eigenvalue weighted by Crippen LogP contribution is 2.23. The Morgan fingerprint density at radius 1 is 1.19 bits per heavy atom. The van der Waals surface area contributed by atoms with Gasteiger partial charge in [-0.2, -0.15) is 0 Å². The highest BCUT2D eigenvalue weighted by Gasteiger charge is 2.14. The van der Waals surface area contributed by atoms with Gasteiger partial charge in [0.15, 0.2) is 0 Å². The molecule has 0 radical (unpaired) electrons. The third-order valence-electron chi connectivity index (χ3n) is 3.65. The molecular formula is C18H21Cl2N3O3S. The molecule has 9 heteroatoms. The van der Waals surface area contributed by atoms with Crippen molar-refractivity contribution in [1.82, 2.24) is 15.5 Å². The molecule has 0 aliphatic heterocycles. The van der Waals surface area contributed by atoms with Gasteiger partial charge in [-0.05, 0) is 35.6 Å². The second kappa shape index (κ2) is 11.3. The van der Waals surface area contributed by atoms with Crippen molar-refractivity contribution in [3.05, 3.63) is 56.2 Å². The number of carbonyl (C=O) groups excluding carboxylic acids is 2. The summed E-state index contributed by atoms with van der Waals surface area (Å²) < 4.78 is 0. The number of aliphatic hydroxyl groups is 1. The van der Waals surface area contributed by atoms with Gasteiger partial charge >= 0.3 is 6.03 Å². The number of hydrogen-bond acceptors (Lipinski definition) is 5. The summed E-state index contributed by atoms with van der Waals surface area (Å²) in [5, 5.41) is 16.9. The van der Waals surface area contributed by atoms with E-state index < -0.39 is 11.9 Å². The van der Waals surface area contributed by atoms with Gasteiger partial charge in [0.05, 0.1) is 23.1 Å². The minimum absolute atomic E-state index is 0.0147. The van der Waals surface area contributed by atoms with Crippen LogP contribution in [-0.4, -0.2) is 41.6 Å². The first-order chi connectivity index (χ1) is 13.0. The third-order valence-corrected chi connectivity index (χ3v) is 5.26. The summed E-state index contributed by atoms with van der Waals surface area (Å²) in [6.45, 7) is 1.35. The van der Waals surface area contributed by atoms with Crippen LogP contribution in [0.15, 0.2) is 35.7 Å². The Morgan fingerprint density at radius 2 is 2.00 bits per heavy atom. The van der Waals surface area contributed by atoms with Gasteiger partial charge in [-0.15, -0.1) is 11.3 Å². The normalized spacial score (nSPS) is 10.8. The number of rotatable bonds is 9. The fraction of sp³-hybridized carbons (Fsp3) is 0.333. The molecule has 0 aliphatic carbocycles. The van der Waals surface area contributed by atoms with E-state index in [2.05, 4.69) is 10.6 Å². The molecule has 3 amide bonds. The van der Waals surface area contributed by atoms with E-state index >= 15 is 0 Å². The number of benzene rings is 1. The fourth-order valence-electron chi connectivity index (χ4n) is 2.40. The van der Waals surface area contributed by atoms with Gasteiger partial charge in [-0.1, -0.05) is 35.3 Å². The molecule has 2 rings (SSSR count). The molecule has 0 bridgehead atoms. The minimum atomic E-state index is -0.537. The maximum Gasteiger partial charge on any atom is 0.321 e. The Hall–Kier alpha value is -1.64. The summed E-state index contributed by atoms with van der Waals surface area (Å²) in [5.74, 6) is -0.420. The predicted molar refractivity (Wildman–Crippen MR) is 108 cm³/mol. The van der Waals surface area contributed by atoms with E-state index in [4.69, 9.17) is 28.3 Å². The van der Waals surface area contributed by atoms with Gasteiger partial charge in [0.25, 0.3) is 0 Å². The highest BCUT2D eigenvalue weighted by molar-refractivity contribution is 7.09. The monoisotopic (exact) mass is 429 g/mol. The molecule has 0 fully saturated rings. The van der Waals surface area contributed by atoms with Gasteiger partial charge in [0.1, 0.15) is 0 Å². The van der Waals surface area contributed by atoms with E-state index in [9.17, 15) is 9.59 Å². The quantitative estimate of drug-likeness (QED) is 0.571. The summed E-state index contributed by atoms with van der Waals surface area (Å²) in [5.41, 5.74) is 0.886. The molecule has 0 spiro atoms. The standard InChI is InChI=1S/C18H21Cl2N3O3S/c19-15-5-4-13(9-16(15)20)11-23(6-2-7-24)12-17(25)22-18(26)21-10-14-3-1-8-27-14/h1,3-5,8-9,24H,2,6-7,10-12H2,(H2,21,22,25,26). The van der Waals surface area contributed by atoms with Crippen molar-refractivity contribution in [2.24, 2.45) is 0 Å². The lowest BCUT2D eigenvalue weighted by Gasteiger charge is -2.21. The van der Waals surface area contributed by atoms with Crippen molar-refractivity contribution in [2.75, 3.05) is 19.7 Å². The van der Waals surface area contributed by atoms with E-state index in [1.807, 2.05) is 28.5 Å². The average molecular weight is 430 g/mol. The number of amides is 3. The molecule has 1 aromatic carbocycles. The molecule has 0 atom stereocenters. The zero-order valence-electron chi connectivity index (χ0n) is 14.6. The van der Waals surface area contributed by atoms with E-state index in [-0.39, 0.29) is 13.2 Å². The lowest BCUT2D eigenvalue weighted by Crippen LogP contribution is -2.44. The van der Waals surface area contributed by atoms with Gasteiger partial charge in [-0.25, -0.2) is 4.79 Å². The van der Waals surface area contributed by atoms with Crippen LogP contribution >= 0.6 is 34.5 Å². The van der Waals surface area contributed by atoms with E-state index in [1.54, 1.807) is 12.1 Å². The number of halogens is 2. The Balaban J connectivity index is 1.86. The van der Waals surface area contributed by atoms with Gasteiger partial charge in [0, 0.05) is 24.6 Å². The Kier molecular flexibility index (Phi) is 9.03. The Morgan fingerprint density at radius 3 is 2.67 bits per heavy atom. The first-order valence-electron chi connectivity index (χ1n) is 8.35. The van der Waals surface area contributed by atoms with Crippen LogP contribution in [0.25, 0.3) is 0 Å². The molecular weight excluding hydrogens is 409 g/mol. The molecule has 146 valence electrons. The molecule has 0 saturated heterocycles. The van der Waals surface area contributed by atoms with E-state index in [1.165, 1.54) is 11.3 Å². The number of hydrogen-bond donors (Lipinski definition) is 3. The van der Waals surface area contributed by atoms with Gasteiger partial charge in [0.2, 0.25) is 5.91 Å². The number of nitrogens with zero attached hydrogens (tertiary/aromatic N) is 1. The highest BCUT2D eigenvalue weighted by atomic mass is 35.5. The molecule has 3 N–H and O–H groups in total. The second-order valence-corrected chi connectivity index (χ2v) is 7.69. The van der Waals surface area contributed by atoms with Crippen LogP contribution in [-0.2, 0) is 17.9 Å². The number of nitrogens with one attached hydrogen (secondary N) is 2. The van der Waals surface area contributed by atoms with Crippen molar-refractivity contribution >= 4 is 46.5 Å². The third kappa shape index (κ3) is 7.86. The number of carbonyl (C=O) groups is 2. The first-order valence-corrected chi connectivity index (χ1v) is 9.98. The van der Waals surface area contributed by atoms with Crippen molar-refractivity contribution in [1.29, 1.82) is 0 Å². The summed E-state index contributed by atoms with van der Waals surface area (Å²) in [6.07, 6.45) is 0.513. The van der Waals surface area contributed by atoms with E-state index in [0.29, 0.717) is 36.1 Å². The number of urea groups is 1. The molecule has 1 aromatic heterocycles. The Labute approximate surface area is 172 Å². The zero-order valence-corrected chi connectivity index (χ0v) is 16.9. The Bertz CT molecular complexity index is 756. The lowest BCUT2D eigenvalue weighted by atomic mass is 10.2. The largest absolute Gasteiger partial charge is 0.396 e. The smallest absolute Gasteiger partial charge is 0.321 e. The number of aliphatic hydroxyl groups excluding tert-OH is 1. The van der Waals surface area contributed by atoms with Crippen LogP contribution in [0.2, 0.25) is 10.0 Å². The fourth-order valence-corrected chi connectivity index (χ4v) is 3.36. The second-order valence-electron chi connectivity index (χ2n) is 5.85. The van der Waals surface area contributed by atoms with Crippen LogP contribution in [0.5, 0.6) is 0 Å². The molecule has 27 heavy (non-hydrogen) atoms. The SMILES string of the molecule is O=C(CN(CCCO)Cc1ccc(Cl)c(Cl)c1)NC(=O)NCc1cccs1. The molecule has 1 heterocycles. The summed E-state index contributed by atoms with van der Waals surface area (Å²) in [6, 6.07) is 8.52. The van der Waals surface area contributed by atoms with Crippen LogP contribution in [0.1, 0.15) is 16.9 Å².